The van der Waals surface area contributed by atoms with Crippen molar-refractivity contribution in [3.8, 4) is 0 Å². The van der Waals surface area contributed by atoms with Crippen LogP contribution in [0.2, 0.25) is 0 Å². The number of carbonyl (C=O) groups excluding carboxylic acids is 1. The normalized spacial score (nSPS) is 12.0. The number of anilines is 1. The minimum absolute atomic E-state index is 0.00314. The summed E-state index contributed by atoms with van der Waals surface area (Å²) in [6.45, 7) is 6.98. The predicted octanol–water partition coefficient (Wildman–Crippen LogP) is 3.76. The maximum Gasteiger partial charge on any atom is 0.253 e. The monoisotopic (exact) mass is 303 g/mol. The smallest absolute Gasteiger partial charge is 0.253 e. The van der Waals surface area contributed by atoms with Gasteiger partial charge in [0.05, 0.1) is 23.5 Å². The Bertz CT molecular complexity index is 609. The molecule has 0 bridgehead atoms. The van der Waals surface area contributed by atoms with Gasteiger partial charge in [-0.25, -0.2) is 0 Å². The van der Waals surface area contributed by atoms with Gasteiger partial charge in [-0.1, -0.05) is 6.92 Å². The van der Waals surface area contributed by atoms with E-state index in [0.29, 0.717) is 5.56 Å². The van der Waals surface area contributed by atoms with Gasteiger partial charge in [-0.2, -0.15) is 0 Å². The Labute approximate surface area is 129 Å². The number of thiophene rings is 1. The van der Waals surface area contributed by atoms with E-state index in [9.17, 15) is 4.79 Å². The fourth-order valence-electron chi connectivity index (χ4n) is 2.02. The summed E-state index contributed by atoms with van der Waals surface area (Å²) in [7, 11) is 0. The molecule has 0 aliphatic rings. The molecule has 0 spiro atoms. The van der Waals surface area contributed by atoms with Gasteiger partial charge in [0.25, 0.3) is 5.91 Å². The third-order valence-corrected chi connectivity index (χ3v) is 4.35. The summed E-state index contributed by atoms with van der Waals surface area (Å²) in [5.74, 6) is -0.0745. The molecule has 5 heteroatoms. The second kappa shape index (κ2) is 7.22. The highest BCUT2D eigenvalue weighted by Gasteiger charge is 2.15. The lowest BCUT2D eigenvalue weighted by Gasteiger charge is -2.15. The van der Waals surface area contributed by atoms with Crippen LogP contribution >= 0.6 is 11.3 Å². The highest BCUT2D eigenvalue weighted by molar-refractivity contribution is 7.12. The molecule has 1 amide bonds. The highest BCUT2D eigenvalue weighted by atomic mass is 32.1. The first kappa shape index (κ1) is 15.5. The average Bonchev–Trinajstić information content (AvgIpc) is 2.92. The van der Waals surface area contributed by atoms with Crippen molar-refractivity contribution >= 4 is 22.9 Å². The second-order valence-corrected chi connectivity index (χ2v) is 6.31. The quantitative estimate of drug-likeness (QED) is 0.854. The molecule has 0 saturated heterocycles. The van der Waals surface area contributed by atoms with E-state index in [1.165, 1.54) is 4.88 Å². The Hall–Kier alpha value is -1.88. The van der Waals surface area contributed by atoms with Crippen molar-refractivity contribution in [3.05, 3.63) is 45.9 Å². The molecule has 0 aliphatic heterocycles. The van der Waals surface area contributed by atoms with Gasteiger partial charge in [0.2, 0.25) is 0 Å². The molecule has 2 aromatic heterocycles. The van der Waals surface area contributed by atoms with Crippen LogP contribution < -0.4 is 10.6 Å². The third kappa shape index (κ3) is 4.04. The summed E-state index contributed by atoms with van der Waals surface area (Å²) in [5, 5.41) is 6.29. The molecular formula is C16H21N3OS. The fraction of sp³-hybridized carbons (Fsp3) is 0.375. The number of nitrogens with zero attached hydrogens (tertiary/aromatic N) is 1. The number of hydrogen-bond donors (Lipinski definition) is 2. The number of pyridine rings is 1. The van der Waals surface area contributed by atoms with Crippen LogP contribution in [0.5, 0.6) is 0 Å². The molecule has 0 saturated carbocycles. The number of aryl methyl sites for hydroxylation is 1. The van der Waals surface area contributed by atoms with E-state index < -0.39 is 0 Å². The van der Waals surface area contributed by atoms with Crippen LogP contribution in [0.4, 0.5) is 5.69 Å². The van der Waals surface area contributed by atoms with Crippen molar-refractivity contribution in [2.75, 3.05) is 11.9 Å². The van der Waals surface area contributed by atoms with E-state index >= 15 is 0 Å². The van der Waals surface area contributed by atoms with E-state index in [0.717, 1.165) is 23.5 Å². The van der Waals surface area contributed by atoms with E-state index in [4.69, 9.17) is 0 Å². The molecule has 0 radical (unpaired) electrons. The number of nitrogens with one attached hydrogen (secondary N) is 2. The summed E-state index contributed by atoms with van der Waals surface area (Å²) in [6, 6.07) is 5.89. The zero-order valence-electron chi connectivity index (χ0n) is 12.6. The molecule has 1 atom stereocenters. The molecule has 0 aromatic carbocycles. The Kier molecular flexibility index (Phi) is 5.33. The molecule has 2 rings (SSSR count). The molecule has 2 N–H and O–H groups in total. The summed E-state index contributed by atoms with van der Waals surface area (Å²) < 4.78 is 0. The van der Waals surface area contributed by atoms with Crippen LogP contribution in [0, 0.1) is 6.92 Å². The van der Waals surface area contributed by atoms with E-state index in [1.807, 2.05) is 6.92 Å². The van der Waals surface area contributed by atoms with Crippen molar-refractivity contribution in [1.29, 1.82) is 0 Å². The van der Waals surface area contributed by atoms with Crippen LogP contribution in [0.3, 0.4) is 0 Å². The predicted molar refractivity (Wildman–Crippen MR) is 88.0 cm³/mol. The van der Waals surface area contributed by atoms with Gasteiger partial charge in [-0.05, 0) is 38.5 Å². The van der Waals surface area contributed by atoms with Gasteiger partial charge in [0.15, 0.2) is 0 Å². The molecular weight excluding hydrogens is 282 g/mol. The van der Waals surface area contributed by atoms with Gasteiger partial charge >= 0.3 is 0 Å². The molecule has 0 fully saturated rings. The van der Waals surface area contributed by atoms with Gasteiger partial charge in [-0.15, -0.1) is 11.3 Å². The Balaban J connectivity index is 2.09. The number of rotatable bonds is 6. The van der Waals surface area contributed by atoms with E-state index in [-0.39, 0.29) is 11.9 Å². The van der Waals surface area contributed by atoms with Crippen molar-refractivity contribution in [2.45, 2.75) is 33.2 Å². The lowest BCUT2D eigenvalue weighted by Crippen LogP contribution is -2.27. The lowest BCUT2D eigenvalue weighted by atomic mass is 10.2. The summed E-state index contributed by atoms with van der Waals surface area (Å²) in [5.41, 5.74) is 1.42. The van der Waals surface area contributed by atoms with Crippen LogP contribution in [-0.2, 0) is 0 Å². The third-order valence-electron chi connectivity index (χ3n) is 3.17. The Morgan fingerprint density at radius 2 is 2.19 bits per heavy atom. The minimum Gasteiger partial charge on any atom is -0.383 e. The largest absolute Gasteiger partial charge is 0.383 e. The molecule has 1 unspecified atom stereocenters. The first-order valence-electron chi connectivity index (χ1n) is 7.17. The van der Waals surface area contributed by atoms with Gasteiger partial charge in [-0.3, -0.25) is 9.78 Å². The molecule has 4 nitrogen and oxygen atoms in total. The number of amides is 1. The second-order valence-electron chi connectivity index (χ2n) is 4.99. The SMILES string of the molecule is CCCNc1cnccc1C(=O)NC(C)c1ccc(C)s1. The highest BCUT2D eigenvalue weighted by Crippen LogP contribution is 2.23. The van der Waals surface area contributed by atoms with Gasteiger partial charge in [0.1, 0.15) is 0 Å². The maximum atomic E-state index is 12.4. The lowest BCUT2D eigenvalue weighted by molar-refractivity contribution is 0.0941. The number of aromatic nitrogens is 1. The molecule has 0 aliphatic carbocycles. The zero-order valence-corrected chi connectivity index (χ0v) is 13.5. The topological polar surface area (TPSA) is 54.0 Å². The Morgan fingerprint density at radius 1 is 1.38 bits per heavy atom. The van der Waals surface area contributed by atoms with Crippen LogP contribution in [0.15, 0.2) is 30.6 Å². The van der Waals surface area contributed by atoms with Crippen molar-refractivity contribution in [1.82, 2.24) is 10.3 Å². The van der Waals surface area contributed by atoms with Crippen LogP contribution in [0.25, 0.3) is 0 Å². The number of hydrogen-bond acceptors (Lipinski definition) is 4. The summed E-state index contributed by atoms with van der Waals surface area (Å²) in [4.78, 5) is 18.9. The number of carbonyl (C=O) groups is 1. The van der Waals surface area contributed by atoms with Crippen molar-refractivity contribution in [2.24, 2.45) is 0 Å². The van der Waals surface area contributed by atoms with Gasteiger partial charge < -0.3 is 10.6 Å². The average molecular weight is 303 g/mol. The first-order chi connectivity index (χ1) is 10.1. The molecule has 21 heavy (non-hydrogen) atoms. The summed E-state index contributed by atoms with van der Waals surface area (Å²) >= 11 is 1.71. The summed E-state index contributed by atoms with van der Waals surface area (Å²) in [6.07, 6.45) is 4.34. The van der Waals surface area contributed by atoms with Crippen LogP contribution in [-0.4, -0.2) is 17.4 Å². The molecule has 112 valence electrons. The zero-order chi connectivity index (χ0) is 15.2. The minimum atomic E-state index is -0.0745. The standard InChI is InChI=1S/C16H21N3OS/c1-4-8-18-14-10-17-9-7-13(14)16(20)19-12(3)15-6-5-11(2)21-15/h5-7,9-10,12,18H,4,8H2,1-3H3,(H,19,20). The van der Waals surface area contributed by atoms with Crippen LogP contribution in [0.1, 0.15) is 46.4 Å². The first-order valence-corrected chi connectivity index (χ1v) is 7.98. The van der Waals surface area contributed by atoms with E-state index in [1.54, 1.807) is 29.8 Å². The molecule has 2 aromatic rings. The fourth-order valence-corrected chi connectivity index (χ4v) is 2.90. The van der Waals surface area contributed by atoms with Crippen molar-refractivity contribution in [3.63, 3.8) is 0 Å². The molecule has 2 heterocycles. The van der Waals surface area contributed by atoms with Gasteiger partial charge in [0, 0.05) is 22.5 Å². The van der Waals surface area contributed by atoms with E-state index in [2.05, 4.69) is 41.6 Å². The van der Waals surface area contributed by atoms with Crippen molar-refractivity contribution < 1.29 is 4.79 Å². The Morgan fingerprint density at radius 3 is 2.86 bits per heavy atom. The maximum absolute atomic E-state index is 12.4.